The minimum Gasteiger partial charge on any atom is -0.497 e. The lowest BCUT2D eigenvalue weighted by Gasteiger charge is -2.30. The molecule has 2 aromatic carbocycles. The third-order valence-electron chi connectivity index (χ3n) is 6.38. The van der Waals surface area contributed by atoms with E-state index in [2.05, 4.69) is 31.9 Å². The van der Waals surface area contributed by atoms with E-state index in [-0.39, 0.29) is 20.8 Å². The summed E-state index contributed by atoms with van der Waals surface area (Å²) in [6.07, 6.45) is 0.720. The molecule has 0 aromatic heterocycles. The molecule has 2 fully saturated rings. The van der Waals surface area contributed by atoms with Crippen LogP contribution in [0.4, 0.5) is 5.69 Å². The van der Waals surface area contributed by atoms with E-state index in [0.29, 0.717) is 23.6 Å². The molecule has 1 saturated heterocycles. The Morgan fingerprint density at radius 1 is 1.06 bits per heavy atom. The van der Waals surface area contributed by atoms with Gasteiger partial charge >= 0.3 is 0 Å². The van der Waals surface area contributed by atoms with Gasteiger partial charge in [0.05, 0.1) is 23.9 Å². The number of nitro groups is 1. The molecule has 3 amide bonds. The molecule has 188 valence electrons. The highest BCUT2D eigenvalue weighted by Crippen LogP contribution is 2.44. The Hall–Kier alpha value is -3.12. The molecule has 0 N–H and O–H groups in total. The topological polar surface area (TPSA) is 127 Å². The van der Waals surface area contributed by atoms with Crippen LogP contribution in [0.5, 0.6) is 5.75 Å². The lowest BCUT2D eigenvalue weighted by atomic mass is 9.81. The molecule has 1 aliphatic heterocycles. The number of ketones is 1. The zero-order chi connectivity index (χ0) is 26.1. The van der Waals surface area contributed by atoms with Crippen molar-refractivity contribution in [3.8, 4) is 5.75 Å². The summed E-state index contributed by atoms with van der Waals surface area (Å²) in [5.41, 5.74) is -0.653. The summed E-state index contributed by atoms with van der Waals surface area (Å²) in [6, 6.07) is 11.4. The predicted molar refractivity (Wildman–Crippen MR) is 135 cm³/mol. The van der Waals surface area contributed by atoms with Crippen molar-refractivity contribution in [1.82, 2.24) is 10.0 Å². The summed E-state index contributed by atoms with van der Waals surface area (Å²) in [4.78, 5) is 64.5. The van der Waals surface area contributed by atoms with Crippen LogP contribution in [-0.2, 0) is 9.59 Å². The molecule has 2 aliphatic rings. The SMILES string of the molecule is COc1cccc(C(=O)CN(C(=O)c2ccccc2[N+](=O)[O-])N2C(=O)[C@@H]3C[C@H](Br)[C@@H](Br)C[C@H]3C2=O)c1. The van der Waals surface area contributed by atoms with Crippen molar-refractivity contribution in [3.63, 3.8) is 0 Å². The summed E-state index contributed by atoms with van der Waals surface area (Å²) in [7, 11) is 1.44. The number of hydrogen-bond donors (Lipinski definition) is 0. The summed E-state index contributed by atoms with van der Waals surface area (Å²) < 4.78 is 5.15. The van der Waals surface area contributed by atoms with Gasteiger partial charge in [-0.25, -0.2) is 5.01 Å². The van der Waals surface area contributed by atoms with Crippen molar-refractivity contribution in [1.29, 1.82) is 0 Å². The average molecular weight is 623 g/mol. The first-order valence-electron chi connectivity index (χ1n) is 11.0. The van der Waals surface area contributed by atoms with Gasteiger partial charge in [-0.15, -0.1) is 0 Å². The highest BCUT2D eigenvalue weighted by Gasteiger charge is 2.55. The number of benzene rings is 2. The normalized spacial score (nSPS) is 23.2. The Morgan fingerprint density at radius 2 is 1.67 bits per heavy atom. The van der Waals surface area contributed by atoms with E-state index in [9.17, 15) is 29.3 Å². The van der Waals surface area contributed by atoms with Gasteiger partial charge in [0.1, 0.15) is 17.9 Å². The second kappa shape index (κ2) is 10.5. The lowest BCUT2D eigenvalue weighted by Crippen LogP contribution is -2.52. The number of hydrogen-bond acceptors (Lipinski definition) is 7. The van der Waals surface area contributed by atoms with Gasteiger partial charge in [-0.1, -0.05) is 56.1 Å². The van der Waals surface area contributed by atoms with Gasteiger partial charge in [-0.3, -0.25) is 29.3 Å². The summed E-state index contributed by atoms with van der Waals surface area (Å²) in [5.74, 6) is -3.74. The quantitative estimate of drug-likeness (QED) is 0.151. The maximum atomic E-state index is 13.7. The maximum Gasteiger partial charge on any atom is 0.282 e. The molecule has 4 rings (SSSR count). The van der Waals surface area contributed by atoms with Crippen LogP contribution >= 0.6 is 31.9 Å². The molecule has 12 heteroatoms. The van der Waals surface area contributed by atoms with Crippen molar-refractivity contribution in [3.05, 3.63) is 69.8 Å². The van der Waals surface area contributed by atoms with Crippen molar-refractivity contribution in [2.75, 3.05) is 13.7 Å². The molecule has 1 heterocycles. The van der Waals surface area contributed by atoms with Crippen LogP contribution in [-0.4, -0.2) is 61.8 Å². The fourth-order valence-corrected chi connectivity index (χ4v) is 5.76. The molecule has 0 radical (unpaired) electrons. The van der Waals surface area contributed by atoms with Crippen molar-refractivity contribution in [2.45, 2.75) is 22.5 Å². The number of nitrogens with zero attached hydrogens (tertiary/aromatic N) is 3. The van der Waals surface area contributed by atoms with Crippen molar-refractivity contribution < 1.29 is 28.8 Å². The van der Waals surface area contributed by atoms with Crippen LogP contribution in [0.3, 0.4) is 0 Å². The summed E-state index contributed by atoms with van der Waals surface area (Å²) in [5, 5.41) is 13.0. The molecule has 2 aromatic rings. The molecular weight excluding hydrogens is 602 g/mol. The van der Waals surface area contributed by atoms with Crippen LogP contribution in [0.15, 0.2) is 48.5 Å². The number of amides is 3. The number of methoxy groups -OCH3 is 1. The Bertz CT molecular complexity index is 1230. The predicted octanol–water partition coefficient (Wildman–Crippen LogP) is 3.77. The molecule has 0 bridgehead atoms. The number of alkyl halides is 2. The minimum absolute atomic E-state index is 0.0618. The van der Waals surface area contributed by atoms with Gasteiger partial charge < -0.3 is 4.74 Å². The zero-order valence-corrected chi connectivity index (χ0v) is 22.2. The van der Waals surface area contributed by atoms with Crippen LogP contribution in [0.25, 0.3) is 0 Å². The lowest BCUT2D eigenvalue weighted by molar-refractivity contribution is -0.385. The molecule has 36 heavy (non-hydrogen) atoms. The molecule has 1 aliphatic carbocycles. The number of imide groups is 1. The maximum absolute atomic E-state index is 13.7. The van der Waals surface area contributed by atoms with Crippen LogP contribution < -0.4 is 4.74 Å². The highest BCUT2D eigenvalue weighted by molar-refractivity contribution is 9.12. The number of fused-ring (bicyclic) bond motifs is 1. The molecule has 1 saturated carbocycles. The van der Waals surface area contributed by atoms with Gasteiger partial charge in [0.25, 0.3) is 23.4 Å². The Balaban J connectivity index is 1.75. The smallest absolute Gasteiger partial charge is 0.282 e. The van der Waals surface area contributed by atoms with Gasteiger partial charge in [0.15, 0.2) is 5.78 Å². The van der Waals surface area contributed by atoms with E-state index in [0.717, 1.165) is 11.1 Å². The second-order valence-electron chi connectivity index (χ2n) is 8.50. The fraction of sp³-hybridized carbons (Fsp3) is 0.333. The van der Waals surface area contributed by atoms with Gasteiger partial charge in [-0.2, -0.15) is 5.01 Å². The van der Waals surface area contributed by atoms with E-state index in [4.69, 9.17) is 4.74 Å². The zero-order valence-electron chi connectivity index (χ0n) is 19.0. The first kappa shape index (κ1) is 26.0. The van der Waals surface area contributed by atoms with Crippen molar-refractivity contribution in [2.24, 2.45) is 11.8 Å². The summed E-state index contributed by atoms with van der Waals surface area (Å²) >= 11 is 7.04. The highest BCUT2D eigenvalue weighted by atomic mass is 79.9. The Morgan fingerprint density at radius 3 is 2.25 bits per heavy atom. The second-order valence-corrected chi connectivity index (χ2v) is 10.8. The van der Waals surface area contributed by atoms with E-state index in [1.165, 1.54) is 37.4 Å². The first-order chi connectivity index (χ1) is 17.1. The number of nitro benzene ring substituents is 1. The molecule has 0 spiro atoms. The standard InChI is InChI=1S/C24H21Br2N3O7/c1-36-14-6-4-5-13(9-14)21(30)12-27(22(31)15-7-2-3-8-20(15)29(34)35)28-23(32)16-10-18(25)19(26)11-17(16)24(28)33/h2-9,16-19H,10-12H2,1H3/t16-,17-,18+,19+/m1/s1. The molecular formula is C24H21Br2N3O7. The fourth-order valence-electron chi connectivity index (χ4n) is 4.53. The molecule has 10 nitrogen and oxygen atoms in total. The van der Waals surface area contributed by atoms with Gasteiger partial charge in [0.2, 0.25) is 0 Å². The minimum atomic E-state index is -0.996. The van der Waals surface area contributed by atoms with Crippen molar-refractivity contribution >= 4 is 61.1 Å². The number of halogens is 2. The van der Waals surface area contributed by atoms with E-state index in [1.54, 1.807) is 12.1 Å². The van der Waals surface area contributed by atoms with Gasteiger partial charge in [-0.05, 0) is 31.0 Å². The number of Topliss-reactive ketones (excluding diaryl/α,β-unsaturated/α-hetero) is 1. The third kappa shape index (κ3) is 4.79. The van der Waals surface area contributed by atoms with Crippen LogP contribution in [0.2, 0.25) is 0 Å². The number of ether oxygens (including phenoxy) is 1. The average Bonchev–Trinajstić information content (AvgIpc) is 3.11. The number of carbonyl (C=O) groups excluding carboxylic acids is 4. The number of rotatable bonds is 7. The van der Waals surface area contributed by atoms with Crippen LogP contribution in [0, 0.1) is 22.0 Å². The number of hydrazine groups is 1. The monoisotopic (exact) mass is 621 g/mol. The van der Waals surface area contributed by atoms with E-state index in [1.807, 2.05) is 0 Å². The molecule has 0 unspecified atom stereocenters. The Kier molecular flexibility index (Phi) is 7.55. The first-order valence-corrected chi connectivity index (χ1v) is 12.9. The van der Waals surface area contributed by atoms with Crippen LogP contribution in [0.1, 0.15) is 33.6 Å². The third-order valence-corrected chi connectivity index (χ3v) is 9.11. The number of carbonyl (C=O) groups is 4. The number of para-hydroxylation sites is 1. The summed E-state index contributed by atoms with van der Waals surface area (Å²) in [6.45, 7) is -0.676. The van der Waals surface area contributed by atoms with E-state index >= 15 is 0 Å². The van der Waals surface area contributed by atoms with Gasteiger partial charge in [0, 0.05) is 21.3 Å². The van der Waals surface area contributed by atoms with E-state index < -0.39 is 52.5 Å². The molecule has 4 atom stereocenters. The Labute approximate surface area is 222 Å². The largest absolute Gasteiger partial charge is 0.497 e.